The zero-order chi connectivity index (χ0) is 39.5. The minimum Gasteiger partial charge on any atom is -0.456 e. The quantitative estimate of drug-likeness (QED) is 0.177. The van der Waals surface area contributed by atoms with E-state index in [9.17, 15) is 0 Å². The van der Waals surface area contributed by atoms with Crippen LogP contribution in [0, 0.1) is 5.92 Å². The number of hydrogen-bond acceptors (Lipinski definition) is 4. The van der Waals surface area contributed by atoms with Gasteiger partial charge in [-0.25, -0.2) is 0 Å². The first-order chi connectivity index (χ1) is 29.1. The number of benzene rings is 8. The monoisotopic (exact) mass is 778 g/mol. The Morgan fingerprint density at radius 2 is 1.05 bits per heavy atom. The molecular weight excluding hydrogens is 737 g/mol. The van der Waals surface area contributed by atoms with Gasteiger partial charge in [0.1, 0.15) is 17.3 Å². The maximum atomic E-state index is 6.82. The molecule has 0 saturated carbocycles. The molecule has 11 rings (SSSR count). The van der Waals surface area contributed by atoms with Crippen LogP contribution in [0.15, 0.2) is 198 Å². The first-order valence-electron chi connectivity index (χ1n) is 20.5. The Balaban J connectivity index is 0.996. The lowest BCUT2D eigenvalue weighted by Gasteiger charge is -2.28. The predicted molar refractivity (Wildman–Crippen MR) is 249 cm³/mol. The third kappa shape index (κ3) is 6.33. The molecule has 0 amide bonds. The fourth-order valence-corrected chi connectivity index (χ4v) is 10.3. The Labute approximate surface area is 348 Å². The van der Waals surface area contributed by atoms with Crippen molar-refractivity contribution in [1.82, 2.24) is 10.6 Å². The van der Waals surface area contributed by atoms with Crippen molar-refractivity contribution in [2.24, 2.45) is 5.92 Å². The maximum Gasteiger partial charge on any atom is 0.136 e. The van der Waals surface area contributed by atoms with E-state index in [0.29, 0.717) is 0 Å². The Kier molecular flexibility index (Phi) is 8.76. The summed E-state index contributed by atoms with van der Waals surface area (Å²) in [6.07, 6.45) is -0.168. The van der Waals surface area contributed by atoms with E-state index in [1.54, 1.807) is 0 Å². The Morgan fingerprint density at radius 3 is 1.78 bits per heavy atom. The maximum absolute atomic E-state index is 6.82. The molecule has 0 bridgehead atoms. The van der Waals surface area contributed by atoms with E-state index < -0.39 is 0 Å². The molecule has 3 atom stereocenters. The fourth-order valence-electron chi connectivity index (χ4n) is 9.07. The molecule has 4 heteroatoms. The smallest absolute Gasteiger partial charge is 0.136 e. The van der Waals surface area contributed by atoms with Crippen LogP contribution in [-0.4, -0.2) is 0 Å². The summed E-state index contributed by atoms with van der Waals surface area (Å²) in [6, 6.07) is 68.1. The van der Waals surface area contributed by atoms with Gasteiger partial charge in [-0.15, -0.1) is 11.3 Å². The van der Waals surface area contributed by atoms with Crippen LogP contribution in [-0.2, 0) is 0 Å². The highest BCUT2D eigenvalue weighted by Crippen LogP contribution is 2.44. The van der Waals surface area contributed by atoms with Crippen LogP contribution in [0.1, 0.15) is 42.7 Å². The second kappa shape index (κ2) is 14.6. The molecule has 3 nitrogen and oxygen atoms in total. The van der Waals surface area contributed by atoms with Gasteiger partial charge in [0, 0.05) is 48.2 Å². The normalized spacial score (nSPS) is 17.2. The lowest BCUT2D eigenvalue weighted by Crippen LogP contribution is -2.35. The number of furan rings is 1. The Bertz CT molecular complexity index is 3180. The molecule has 2 N–H and O–H groups in total. The van der Waals surface area contributed by atoms with Gasteiger partial charge < -0.3 is 9.73 Å². The van der Waals surface area contributed by atoms with Crippen molar-refractivity contribution in [3.05, 3.63) is 210 Å². The molecule has 2 aromatic heterocycles. The van der Waals surface area contributed by atoms with Crippen molar-refractivity contribution in [1.29, 1.82) is 0 Å². The zero-order valence-corrected chi connectivity index (χ0v) is 33.8. The Hall–Kier alpha value is -6.72. The average molecular weight is 779 g/mol. The van der Waals surface area contributed by atoms with Crippen LogP contribution in [0.5, 0.6) is 0 Å². The summed E-state index contributed by atoms with van der Waals surface area (Å²) in [5.41, 5.74) is 15.1. The number of rotatable bonds is 6. The van der Waals surface area contributed by atoms with Crippen molar-refractivity contribution < 1.29 is 4.42 Å². The van der Waals surface area contributed by atoms with E-state index in [2.05, 4.69) is 213 Å². The first-order valence-corrected chi connectivity index (χ1v) is 21.3. The van der Waals surface area contributed by atoms with Crippen LogP contribution < -0.4 is 10.6 Å². The molecule has 10 aromatic rings. The van der Waals surface area contributed by atoms with Crippen LogP contribution in [0.3, 0.4) is 0 Å². The Morgan fingerprint density at radius 1 is 0.475 bits per heavy atom. The molecule has 0 aliphatic carbocycles. The van der Waals surface area contributed by atoms with Crippen molar-refractivity contribution in [2.75, 3.05) is 0 Å². The first kappa shape index (κ1) is 35.4. The van der Waals surface area contributed by atoms with Crippen molar-refractivity contribution in [2.45, 2.75) is 26.1 Å². The number of fused-ring (bicyclic) bond motifs is 6. The van der Waals surface area contributed by atoms with Gasteiger partial charge in [0.25, 0.3) is 0 Å². The molecular formula is C55H42N2OS. The molecule has 3 unspecified atom stereocenters. The third-order valence-electron chi connectivity index (χ3n) is 12.4. The summed E-state index contributed by atoms with van der Waals surface area (Å²) in [7, 11) is 0. The van der Waals surface area contributed by atoms with Crippen LogP contribution in [0.4, 0.5) is 0 Å². The lowest BCUT2D eigenvalue weighted by molar-refractivity contribution is 0.375. The van der Waals surface area contributed by atoms with Crippen molar-refractivity contribution in [3.8, 4) is 33.4 Å². The summed E-state index contributed by atoms with van der Waals surface area (Å²) in [5, 5.41) is 12.9. The van der Waals surface area contributed by atoms with Gasteiger partial charge in [0.05, 0.1) is 0 Å². The standard InChI is InChI=1S/C55H42N2OS/c1-34-35(2)53(40-24-22-38(23-25-40)36-14-6-3-7-15-36)57-55(56-52(34)39-18-10-5-11-19-39)42-27-29-45-44-28-26-41(32-49(44)58-50(45)33-42)47-30-43(37-16-8-4-9-17-37)31-48-46-20-12-13-21-51(46)59-54(47)48/h3-33,35,53,55-57H,1-2H3. The van der Waals surface area contributed by atoms with Crippen molar-refractivity contribution in [3.63, 3.8) is 0 Å². The summed E-state index contributed by atoms with van der Waals surface area (Å²) in [4.78, 5) is 0. The van der Waals surface area contributed by atoms with Gasteiger partial charge in [0.15, 0.2) is 0 Å². The largest absolute Gasteiger partial charge is 0.456 e. The molecule has 8 aromatic carbocycles. The molecule has 0 saturated heterocycles. The summed E-state index contributed by atoms with van der Waals surface area (Å²) < 4.78 is 9.42. The predicted octanol–water partition coefficient (Wildman–Crippen LogP) is 15.0. The second-order valence-corrected chi connectivity index (χ2v) is 16.9. The molecule has 0 fully saturated rings. The highest BCUT2D eigenvalue weighted by Gasteiger charge is 2.31. The average Bonchev–Trinajstić information content (AvgIpc) is 3.83. The van der Waals surface area contributed by atoms with Gasteiger partial charge in [-0.3, -0.25) is 5.32 Å². The summed E-state index contributed by atoms with van der Waals surface area (Å²) >= 11 is 1.87. The van der Waals surface area contributed by atoms with Crippen LogP contribution in [0.2, 0.25) is 0 Å². The van der Waals surface area contributed by atoms with Crippen molar-refractivity contribution >= 4 is 59.1 Å². The molecule has 1 aliphatic heterocycles. The molecule has 0 spiro atoms. The van der Waals surface area contributed by atoms with Gasteiger partial charge in [0.2, 0.25) is 0 Å². The minimum absolute atomic E-state index is 0.0739. The SMILES string of the molecule is CC1=C(c2ccccc2)NC(c2ccc3c(c2)oc2cc(-c4cc(-c5ccccc5)cc5c4sc4ccccc45)ccc23)NC(c2ccc(-c3ccccc3)cc2)C1C. The topological polar surface area (TPSA) is 37.2 Å². The number of thiophene rings is 1. The number of nitrogens with one attached hydrogen (secondary N) is 2. The van der Waals surface area contributed by atoms with E-state index in [4.69, 9.17) is 4.42 Å². The van der Waals surface area contributed by atoms with E-state index in [1.807, 2.05) is 11.3 Å². The van der Waals surface area contributed by atoms with E-state index in [-0.39, 0.29) is 18.1 Å². The van der Waals surface area contributed by atoms with E-state index in [0.717, 1.165) is 33.1 Å². The third-order valence-corrected chi connectivity index (χ3v) is 13.6. The highest BCUT2D eigenvalue weighted by molar-refractivity contribution is 7.26. The van der Waals surface area contributed by atoms with Gasteiger partial charge in [-0.05, 0) is 99.3 Å². The molecule has 284 valence electrons. The summed E-state index contributed by atoms with van der Waals surface area (Å²) in [6.45, 7) is 4.62. The molecule has 3 heterocycles. The highest BCUT2D eigenvalue weighted by atomic mass is 32.1. The molecule has 1 aliphatic rings. The van der Waals surface area contributed by atoms with Crippen LogP contribution >= 0.6 is 11.3 Å². The van der Waals surface area contributed by atoms with E-state index >= 15 is 0 Å². The molecule has 59 heavy (non-hydrogen) atoms. The van der Waals surface area contributed by atoms with Gasteiger partial charge in [-0.1, -0.05) is 159 Å². The number of hydrogen-bond donors (Lipinski definition) is 2. The van der Waals surface area contributed by atoms with Crippen LogP contribution in [0.25, 0.3) is 81.2 Å². The summed E-state index contributed by atoms with van der Waals surface area (Å²) in [5.74, 6) is 0.228. The fraction of sp³-hybridized carbons (Fsp3) is 0.0909. The van der Waals surface area contributed by atoms with E-state index in [1.165, 1.54) is 70.4 Å². The second-order valence-electron chi connectivity index (χ2n) is 15.9. The minimum atomic E-state index is -0.168. The lowest BCUT2D eigenvalue weighted by atomic mass is 9.86. The van der Waals surface area contributed by atoms with Gasteiger partial charge >= 0.3 is 0 Å². The zero-order valence-electron chi connectivity index (χ0n) is 32.9. The molecule has 0 radical (unpaired) electrons. The van der Waals surface area contributed by atoms with Gasteiger partial charge in [-0.2, -0.15) is 0 Å².